The Hall–Kier alpha value is -4.19. The van der Waals surface area contributed by atoms with E-state index >= 15 is 0 Å². The lowest BCUT2D eigenvalue weighted by molar-refractivity contribution is -0.167. The first-order valence-electron chi connectivity index (χ1n) is 35.0. The highest BCUT2D eigenvalue weighted by atomic mass is 16.6. The third kappa shape index (κ3) is 68.5. The summed E-state index contributed by atoms with van der Waals surface area (Å²) in [6, 6.07) is 0. The van der Waals surface area contributed by atoms with Crippen LogP contribution in [0.5, 0.6) is 0 Å². The highest BCUT2D eigenvalue weighted by molar-refractivity contribution is 5.71. The van der Waals surface area contributed by atoms with Gasteiger partial charge in [0, 0.05) is 19.3 Å². The Balaban J connectivity index is 4.21. The van der Waals surface area contributed by atoms with E-state index in [1.807, 2.05) is 0 Å². The minimum absolute atomic E-state index is 0.0919. The first-order valence-corrected chi connectivity index (χ1v) is 35.0. The first kappa shape index (κ1) is 78.8. The maximum Gasteiger partial charge on any atom is 0.306 e. The number of hydrogen-bond donors (Lipinski definition) is 0. The van der Waals surface area contributed by atoms with Crippen LogP contribution in [-0.4, -0.2) is 37.2 Å². The number of ether oxygens (including phenoxy) is 3. The third-order valence-corrected chi connectivity index (χ3v) is 14.9. The Kier molecular flexibility index (Phi) is 66.7. The van der Waals surface area contributed by atoms with Gasteiger partial charge >= 0.3 is 17.9 Å². The van der Waals surface area contributed by atoms with Crippen LogP contribution in [0.2, 0.25) is 0 Å². The van der Waals surface area contributed by atoms with Crippen molar-refractivity contribution in [3.05, 3.63) is 122 Å². The molecule has 0 saturated carbocycles. The number of allylic oxidation sites excluding steroid dienone is 20. The van der Waals surface area contributed by atoms with Gasteiger partial charge in [-0.1, -0.05) is 303 Å². The summed E-state index contributed by atoms with van der Waals surface area (Å²) in [7, 11) is 0. The lowest BCUT2D eigenvalue weighted by atomic mass is 10.0. The van der Waals surface area contributed by atoms with Gasteiger partial charge < -0.3 is 14.2 Å². The van der Waals surface area contributed by atoms with E-state index in [0.717, 1.165) is 135 Å². The maximum atomic E-state index is 12.9. The van der Waals surface area contributed by atoms with Crippen LogP contribution in [0, 0.1) is 0 Å². The van der Waals surface area contributed by atoms with Gasteiger partial charge in [-0.05, 0) is 128 Å². The van der Waals surface area contributed by atoms with E-state index in [0.29, 0.717) is 19.3 Å². The summed E-state index contributed by atoms with van der Waals surface area (Å²) in [5, 5.41) is 0. The van der Waals surface area contributed by atoms with Gasteiger partial charge in [-0.3, -0.25) is 14.4 Å². The molecule has 0 saturated heterocycles. The second-order valence-corrected chi connectivity index (χ2v) is 23.0. The zero-order valence-corrected chi connectivity index (χ0v) is 54.4. The molecule has 0 amide bonds. The number of carbonyl (C=O) groups is 3. The molecule has 0 aromatic rings. The summed E-state index contributed by atoms with van der Waals surface area (Å²) in [5.74, 6) is -0.925. The van der Waals surface area contributed by atoms with Gasteiger partial charge in [0.15, 0.2) is 6.10 Å². The van der Waals surface area contributed by atoms with Crippen LogP contribution in [0.15, 0.2) is 122 Å². The van der Waals surface area contributed by atoms with E-state index in [1.54, 1.807) is 0 Å². The van der Waals surface area contributed by atoms with Gasteiger partial charge in [-0.25, -0.2) is 0 Å². The Bertz CT molecular complexity index is 1700. The van der Waals surface area contributed by atoms with E-state index in [4.69, 9.17) is 14.2 Å². The molecule has 0 aliphatic carbocycles. The molecule has 0 aromatic carbocycles. The Morgan fingerprint density at radius 2 is 0.470 bits per heavy atom. The van der Waals surface area contributed by atoms with Gasteiger partial charge in [0.2, 0.25) is 0 Å². The number of carbonyl (C=O) groups excluding carboxylic acids is 3. The highest BCUT2D eigenvalue weighted by Crippen LogP contribution is 2.17. The van der Waals surface area contributed by atoms with Crippen molar-refractivity contribution in [2.75, 3.05) is 13.2 Å². The van der Waals surface area contributed by atoms with Gasteiger partial charge in [0.1, 0.15) is 13.2 Å². The molecule has 0 spiro atoms. The molecule has 0 bridgehead atoms. The molecule has 0 heterocycles. The van der Waals surface area contributed by atoms with Crippen LogP contribution in [0.4, 0.5) is 0 Å². The van der Waals surface area contributed by atoms with Crippen LogP contribution in [0.3, 0.4) is 0 Å². The first-order chi connectivity index (χ1) is 41.0. The summed E-state index contributed by atoms with van der Waals surface area (Å²) >= 11 is 0. The normalized spacial score (nSPS) is 12.9. The largest absolute Gasteiger partial charge is 0.462 e. The number of hydrogen-bond acceptors (Lipinski definition) is 6. The van der Waals surface area contributed by atoms with Gasteiger partial charge in [-0.2, -0.15) is 0 Å². The van der Waals surface area contributed by atoms with E-state index in [2.05, 4.69) is 142 Å². The van der Waals surface area contributed by atoms with Crippen molar-refractivity contribution >= 4 is 17.9 Å². The predicted molar refractivity (Wildman–Crippen MR) is 362 cm³/mol. The summed E-state index contributed by atoms with van der Waals surface area (Å²) in [6.07, 6.45) is 98.1. The lowest BCUT2D eigenvalue weighted by Crippen LogP contribution is -2.30. The summed E-state index contributed by atoms with van der Waals surface area (Å²) in [6.45, 7) is 6.38. The molecule has 1 unspecified atom stereocenters. The minimum atomic E-state index is -0.799. The third-order valence-electron chi connectivity index (χ3n) is 14.9. The standard InChI is InChI=1S/C77H130O6/c1-4-7-10-13-16-19-22-25-27-29-31-32-33-34-35-36-37-38-39-40-41-42-43-44-46-47-49-52-55-58-61-64-67-70-76(79)82-73-74(72-81-75(78)69-66-63-60-57-54-51-24-21-18-15-12-9-6-3)83-77(80)71-68-65-62-59-56-53-50-48-45-30-28-26-23-20-17-14-11-8-5-2/h7,9-10,12,16-21,25-28,31-32,45,48,51,54,74H,4-6,8,11,13-15,22-24,29-30,33-44,46-47,49-50,52-53,55-73H2,1-3H3/b10-7-,12-9-,19-16-,20-17-,21-18-,27-25-,28-26-,32-31-,48-45-,54-51-. The summed E-state index contributed by atoms with van der Waals surface area (Å²) in [4.78, 5) is 38.4. The van der Waals surface area contributed by atoms with Crippen molar-refractivity contribution in [3.8, 4) is 0 Å². The fraction of sp³-hybridized carbons (Fsp3) is 0.701. The second kappa shape index (κ2) is 70.3. The number of rotatable bonds is 63. The fourth-order valence-electron chi connectivity index (χ4n) is 9.75. The molecule has 0 N–H and O–H groups in total. The average Bonchev–Trinajstić information content (AvgIpc) is 3.49. The molecule has 6 nitrogen and oxygen atoms in total. The van der Waals surface area contributed by atoms with Crippen molar-refractivity contribution in [3.63, 3.8) is 0 Å². The molecule has 0 radical (unpaired) electrons. The van der Waals surface area contributed by atoms with Crippen LogP contribution < -0.4 is 0 Å². The molecular weight excluding hydrogens is 1020 g/mol. The fourth-order valence-corrected chi connectivity index (χ4v) is 9.75. The molecule has 0 rings (SSSR count). The van der Waals surface area contributed by atoms with Crippen LogP contribution in [0.25, 0.3) is 0 Å². The molecule has 83 heavy (non-hydrogen) atoms. The van der Waals surface area contributed by atoms with Crippen LogP contribution in [-0.2, 0) is 28.6 Å². The lowest BCUT2D eigenvalue weighted by Gasteiger charge is -2.18. The average molecular weight is 1150 g/mol. The zero-order chi connectivity index (χ0) is 59.9. The SMILES string of the molecule is CC/C=C\C/C=C\C/C=C\C/C=C\CCCCCCCCCCCCCCCCCCCCCCC(=O)OCC(COC(=O)CCCCC/C=C\C/C=C\C/C=C\CC)OC(=O)CCCCCCCC/C=C\C/C=C\C/C=C\CCCCC. The summed E-state index contributed by atoms with van der Waals surface area (Å²) < 4.78 is 16.9. The van der Waals surface area contributed by atoms with Crippen molar-refractivity contribution in [2.45, 2.75) is 335 Å². The predicted octanol–water partition coefficient (Wildman–Crippen LogP) is 24.3. The van der Waals surface area contributed by atoms with Crippen LogP contribution >= 0.6 is 0 Å². The molecule has 0 fully saturated rings. The van der Waals surface area contributed by atoms with Crippen molar-refractivity contribution < 1.29 is 28.6 Å². The van der Waals surface area contributed by atoms with Crippen LogP contribution in [0.1, 0.15) is 329 Å². The molecule has 1 atom stereocenters. The minimum Gasteiger partial charge on any atom is -0.462 e. The second-order valence-electron chi connectivity index (χ2n) is 23.0. The van der Waals surface area contributed by atoms with E-state index in [-0.39, 0.29) is 31.1 Å². The van der Waals surface area contributed by atoms with Gasteiger partial charge in [0.05, 0.1) is 0 Å². The number of esters is 3. The molecular formula is C77H130O6. The monoisotopic (exact) mass is 1150 g/mol. The molecule has 0 aliphatic heterocycles. The van der Waals surface area contributed by atoms with Crippen molar-refractivity contribution in [2.24, 2.45) is 0 Å². The molecule has 6 heteroatoms. The van der Waals surface area contributed by atoms with Crippen molar-refractivity contribution in [1.29, 1.82) is 0 Å². The van der Waals surface area contributed by atoms with E-state index in [9.17, 15) is 14.4 Å². The maximum absolute atomic E-state index is 12.9. The molecule has 0 aliphatic rings. The van der Waals surface area contributed by atoms with Crippen molar-refractivity contribution in [1.82, 2.24) is 0 Å². The van der Waals surface area contributed by atoms with E-state index < -0.39 is 6.10 Å². The summed E-state index contributed by atoms with van der Waals surface area (Å²) in [5.41, 5.74) is 0. The van der Waals surface area contributed by atoms with Gasteiger partial charge in [0.25, 0.3) is 0 Å². The van der Waals surface area contributed by atoms with E-state index in [1.165, 1.54) is 154 Å². The Morgan fingerprint density at radius 1 is 0.253 bits per heavy atom. The number of unbranched alkanes of at least 4 members (excludes halogenated alkanes) is 32. The Labute approximate surface area is 513 Å². The molecule has 0 aromatic heterocycles. The topological polar surface area (TPSA) is 78.9 Å². The molecule has 474 valence electrons. The van der Waals surface area contributed by atoms with Gasteiger partial charge in [-0.15, -0.1) is 0 Å². The Morgan fingerprint density at radius 3 is 0.747 bits per heavy atom. The smallest absolute Gasteiger partial charge is 0.306 e. The zero-order valence-electron chi connectivity index (χ0n) is 54.4. The quantitative estimate of drug-likeness (QED) is 0.0261. The highest BCUT2D eigenvalue weighted by Gasteiger charge is 2.19.